The van der Waals surface area contributed by atoms with Gasteiger partial charge in [-0.2, -0.15) is 0 Å². The number of benzene rings is 1. The third-order valence-electron chi connectivity index (χ3n) is 6.08. The van der Waals surface area contributed by atoms with Crippen molar-refractivity contribution < 1.29 is 28.9 Å². The fourth-order valence-corrected chi connectivity index (χ4v) is 3.86. The molecule has 192 valence electrons. The van der Waals surface area contributed by atoms with Gasteiger partial charge in [-0.25, -0.2) is 4.79 Å². The zero-order valence-corrected chi connectivity index (χ0v) is 20.8. The lowest BCUT2D eigenvalue weighted by Crippen LogP contribution is -2.48. The van der Waals surface area contributed by atoms with Gasteiger partial charge in [-0.3, -0.25) is 9.48 Å². The van der Waals surface area contributed by atoms with E-state index in [-0.39, 0.29) is 37.6 Å². The molecule has 11 heteroatoms. The van der Waals surface area contributed by atoms with Crippen LogP contribution in [0.1, 0.15) is 32.4 Å². The number of nitrogens with zero attached hydrogens (tertiary/aromatic N) is 5. The number of hydrogen-bond acceptors (Lipinski definition) is 8. The Labute approximate surface area is 205 Å². The number of aliphatic hydroxyl groups excluding tert-OH is 1. The lowest BCUT2D eigenvalue weighted by Gasteiger charge is -2.35. The average Bonchev–Trinajstić information content (AvgIpc) is 3.31. The molecule has 2 bridgehead atoms. The second-order valence-corrected chi connectivity index (χ2v) is 8.90. The number of amides is 2. The maximum atomic E-state index is 12.9. The molecule has 1 aromatic heterocycles. The summed E-state index contributed by atoms with van der Waals surface area (Å²) in [6.07, 6.45) is 1.81. The number of carbonyl (C=O) groups excluding carboxylic acids is 2. The van der Waals surface area contributed by atoms with E-state index < -0.39 is 12.2 Å². The second-order valence-electron chi connectivity index (χ2n) is 8.90. The summed E-state index contributed by atoms with van der Waals surface area (Å²) in [7, 11) is 3.20. The molecule has 1 N–H and O–H groups in total. The van der Waals surface area contributed by atoms with E-state index in [4.69, 9.17) is 14.2 Å². The van der Waals surface area contributed by atoms with E-state index in [0.29, 0.717) is 43.1 Å². The zero-order chi connectivity index (χ0) is 25.4. The Morgan fingerprint density at radius 1 is 1.31 bits per heavy atom. The number of aliphatic hydroxyl groups is 1. The maximum Gasteiger partial charge on any atom is 0.415 e. The van der Waals surface area contributed by atoms with Gasteiger partial charge in [-0.15, -0.1) is 5.10 Å². The molecule has 1 aromatic carbocycles. The van der Waals surface area contributed by atoms with Crippen LogP contribution in [0, 0.1) is 5.92 Å². The van der Waals surface area contributed by atoms with Gasteiger partial charge in [0.2, 0.25) is 5.91 Å². The number of aryl methyl sites for hydroxylation is 1. The van der Waals surface area contributed by atoms with Crippen LogP contribution in [0.2, 0.25) is 0 Å². The highest BCUT2D eigenvalue weighted by molar-refractivity contribution is 5.76. The van der Waals surface area contributed by atoms with Gasteiger partial charge in [-0.05, 0) is 37.6 Å². The normalized spacial score (nSPS) is 20.3. The van der Waals surface area contributed by atoms with Crippen LogP contribution in [0.25, 0.3) is 0 Å². The highest BCUT2D eigenvalue weighted by atomic mass is 16.6. The van der Waals surface area contributed by atoms with Crippen LogP contribution in [0.15, 0.2) is 30.5 Å². The minimum atomic E-state index is -0.531. The second kappa shape index (κ2) is 12.5. The van der Waals surface area contributed by atoms with Gasteiger partial charge in [0, 0.05) is 32.5 Å². The van der Waals surface area contributed by atoms with Gasteiger partial charge in [0.05, 0.1) is 45.2 Å². The first kappa shape index (κ1) is 26.4. The third kappa shape index (κ3) is 7.40. The van der Waals surface area contributed by atoms with E-state index in [0.717, 1.165) is 0 Å². The van der Waals surface area contributed by atoms with Gasteiger partial charge < -0.3 is 29.1 Å². The summed E-state index contributed by atoms with van der Waals surface area (Å²) >= 11 is 0. The summed E-state index contributed by atoms with van der Waals surface area (Å²) in [5.74, 6) is 0.887. The number of hydrogen-bond donors (Lipinski definition) is 1. The van der Waals surface area contributed by atoms with Gasteiger partial charge in [-0.1, -0.05) is 12.1 Å². The summed E-state index contributed by atoms with van der Waals surface area (Å²) in [5.41, 5.74) is 0.678. The third-order valence-corrected chi connectivity index (χ3v) is 6.08. The summed E-state index contributed by atoms with van der Waals surface area (Å²) in [6.45, 7) is 5.06. The molecule has 0 aliphatic carbocycles. The first-order valence-electron chi connectivity index (χ1n) is 11.8. The van der Waals surface area contributed by atoms with Gasteiger partial charge in [0.15, 0.2) is 0 Å². The molecular formula is C24H35N5O6. The topological polar surface area (TPSA) is 119 Å². The van der Waals surface area contributed by atoms with E-state index >= 15 is 0 Å². The van der Waals surface area contributed by atoms with Crippen molar-refractivity contribution >= 4 is 12.0 Å². The summed E-state index contributed by atoms with van der Waals surface area (Å²) in [5, 5.41) is 18.0. The van der Waals surface area contributed by atoms with Crippen LogP contribution in [-0.2, 0) is 22.7 Å². The highest BCUT2D eigenvalue weighted by Gasteiger charge is 2.29. The van der Waals surface area contributed by atoms with Crippen molar-refractivity contribution in [2.75, 3.05) is 33.9 Å². The first-order valence-corrected chi connectivity index (χ1v) is 11.8. The van der Waals surface area contributed by atoms with E-state index in [1.165, 1.54) is 4.90 Å². The first-order chi connectivity index (χ1) is 16.8. The number of fused-ring (bicyclic) bond motifs is 2. The molecule has 0 fully saturated rings. The molecule has 0 spiro atoms. The van der Waals surface area contributed by atoms with Crippen molar-refractivity contribution in [2.45, 2.75) is 52.0 Å². The number of ether oxygens (including phenoxy) is 3. The Morgan fingerprint density at radius 3 is 2.71 bits per heavy atom. The standard InChI is InChI=1S/C24H35N5O6/c1-17-12-29(18(2)15-30)23(31)6-5-11-28-13-19(25-26-28)16-34-22(17)14-27(3)24(32)35-21-9-7-20(33-4)8-10-21/h7-10,13,17-18,22,30H,5-6,11-12,14-16H2,1-4H3/t17-,18+,22+/m0/s1. The molecular weight excluding hydrogens is 454 g/mol. The van der Waals surface area contributed by atoms with E-state index in [9.17, 15) is 14.7 Å². The number of methoxy groups -OCH3 is 1. The Kier molecular flexibility index (Phi) is 9.44. The largest absolute Gasteiger partial charge is 0.497 e. The van der Waals surface area contributed by atoms with Crippen molar-refractivity contribution in [3.05, 3.63) is 36.2 Å². The summed E-state index contributed by atoms with van der Waals surface area (Å²) in [4.78, 5) is 28.8. The summed E-state index contributed by atoms with van der Waals surface area (Å²) in [6, 6.07) is 6.41. The lowest BCUT2D eigenvalue weighted by molar-refractivity contribution is -0.136. The smallest absolute Gasteiger partial charge is 0.415 e. The van der Waals surface area contributed by atoms with Gasteiger partial charge in [0.25, 0.3) is 0 Å². The quantitative estimate of drug-likeness (QED) is 0.654. The number of carbonyl (C=O) groups is 2. The van der Waals surface area contributed by atoms with Crippen molar-refractivity contribution in [2.24, 2.45) is 5.92 Å². The molecule has 11 nitrogen and oxygen atoms in total. The minimum absolute atomic E-state index is 0.0380. The monoisotopic (exact) mass is 489 g/mol. The highest BCUT2D eigenvalue weighted by Crippen LogP contribution is 2.20. The molecule has 2 heterocycles. The Hall–Kier alpha value is -3.18. The van der Waals surface area contributed by atoms with Crippen LogP contribution in [0.4, 0.5) is 4.79 Å². The predicted molar refractivity (Wildman–Crippen MR) is 127 cm³/mol. The lowest BCUT2D eigenvalue weighted by atomic mass is 10.0. The molecule has 0 radical (unpaired) electrons. The molecule has 1 aliphatic heterocycles. The molecule has 2 aromatic rings. The fraction of sp³-hybridized carbons (Fsp3) is 0.583. The van der Waals surface area contributed by atoms with Crippen molar-refractivity contribution in [1.29, 1.82) is 0 Å². The maximum absolute atomic E-state index is 12.9. The van der Waals surface area contributed by atoms with Crippen molar-refractivity contribution in [3.63, 3.8) is 0 Å². The molecule has 0 saturated heterocycles. The number of aromatic nitrogens is 3. The van der Waals surface area contributed by atoms with E-state index in [1.54, 1.807) is 54.2 Å². The Morgan fingerprint density at radius 2 is 2.03 bits per heavy atom. The van der Waals surface area contributed by atoms with Crippen LogP contribution in [0.3, 0.4) is 0 Å². The van der Waals surface area contributed by atoms with E-state index in [1.807, 2.05) is 13.8 Å². The molecule has 0 unspecified atom stereocenters. The van der Waals surface area contributed by atoms with Gasteiger partial charge >= 0.3 is 6.09 Å². The minimum Gasteiger partial charge on any atom is -0.497 e. The Balaban J connectivity index is 1.73. The van der Waals surface area contributed by atoms with Crippen LogP contribution in [0.5, 0.6) is 11.5 Å². The number of likely N-dealkylation sites (N-methyl/N-ethyl adjacent to an activating group) is 1. The molecule has 0 saturated carbocycles. The average molecular weight is 490 g/mol. The zero-order valence-electron chi connectivity index (χ0n) is 20.8. The van der Waals surface area contributed by atoms with E-state index in [2.05, 4.69) is 10.3 Å². The van der Waals surface area contributed by atoms with Gasteiger partial charge in [0.1, 0.15) is 17.2 Å². The van der Waals surface area contributed by atoms with Crippen molar-refractivity contribution in [1.82, 2.24) is 24.8 Å². The molecule has 3 rings (SSSR count). The van der Waals surface area contributed by atoms with Crippen LogP contribution >= 0.6 is 0 Å². The molecule has 2 amide bonds. The Bertz CT molecular complexity index is 966. The molecule has 3 atom stereocenters. The summed E-state index contributed by atoms with van der Waals surface area (Å²) < 4.78 is 18.5. The molecule has 1 aliphatic rings. The van der Waals surface area contributed by atoms with Crippen LogP contribution in [-0.4, -0.2) is 87.9 Å². The van der Waals surface area contributed by atoms with Crippen molar-refractivity contribution in [3.8, 4) is 11.5 Å². The number of rotatable bonds is 6. The SMILES string of the molecule is COc1ccc(OC(=O)N(C)C[C@H]2OCc3cn(nn3)CCCC(=O)N([C@H](C)CO)C[C@@H]2C)cc1. The van der Waals surface area contributed by atoms with Crippen LogP contribution < -0.4 is 9.47 Å². The predicted octanol–water partition coefficient (Wildman–Crippen LogP) is 1.94. The molecule has 35 heavy (non-hydrogen) atoms. The fourth-order valence-electron chi connectivity index (χ4n) is 3.86.